The number of pyridine rings is 1. The third-order valence-electron chi connectivity index (χ3n) is 5.93. The van der Waals surface area contributed by atoms with Crippen LogP contribution >= 0.6 is 0 Å². The predicted molar refractivity (Wildman–Crippen MR) is 131 cm³/mol. The Kier molecular flexibility index (Phi) is 7.07. The van der Waals surface area contributed by atoms with Crippen LogP contribution in [0.2, 0.25) is 0 Å². The first-order chi connectivity index (χ1) is 16.0. The Morgan fingerprint density at radius 2 is 2.00 bits per heavy atom. The molecule has 1 aliphatic heterocycles. The van der Waals surface area contributed by atoms with Gasteiger partial charge in [-0.05, 0) is 73.5 Å². The summed E-state index contributed by atoms with van der Waals surface area (Å²) in [5.41, 5.74) is 7.53. The van der Waals surface area contributed by atoms with Gasteiger partial charge in [0.2, 0.25) is 5.91 Å². The Balaban J connectivity index is 1.46. The summed E-state index contributed by atoms with van der Waals surface area (Å²) in [6, 6.07) is 14.9. The quantitative estimate of drug-likeness (QED) is 0.512. The van der Waals surface area contributed by atoms with Crippen molar-refractivity contribution in [3.63, 3.8) is 0 Å². The summed E-state index contributed by atoms with van der Waals surface area (Å²) in [5, 5.41) is 4.72. The van der Waals surface area contributed by atoms with Gasteiger partial charge in [-0.3, -0.25) is 9.59 Å². The maximum atomic E-state index is 13.1. The molecule has 1 atom stereocenters. The van der Waals surface area contributed by atoms with Crippen molar-refractivity contribution >= 4 is 39.8 Å². The normalized spacial score (nSPS) is 14.8. The molecule has 2 heterocycles. The minimum absolute atomic E-state index is 0.150. The molecular formula is C26H30N4O3. The number of nitrogen functional groups attached to an aromatic ring is 1. The lowest BCUT2D eigenvalue weighted by Gasteiger charge is -2.27. The van der Waals surface area contributed by atoms with Gasteiger partial charge in [0.25, 0.3) is 5.91 Å². The summed E-state index contributed by atoms with van der Waals surface area (Å²) in [7, 11) is 0. The van der Waals surface area contributed by atoms with E-state index >= 15 is 0 Å². The van der Waals surface area contributed by atoms with Crippen LogP contribution < -0.4 is 20.7 Å². The number of nitrogens with two attached hydrogens (primary N) is 1. The zero-order valence-corrected chi connectivity index (χ0v) is 18.9. The molecule has 4 rings (SSSR count). The molecule has 3 aromatic rings. The Labute approximate surface area is 193 Å². The smallest absolute Gasteiger partial charge is 0.265 e. The van der Waals surface area contributed by atoms with Gasteiger partial charge in [-0.25, -0.2) is 4.98 Å². The number of rotatable bonds is 8. The lowest BCUT2D eigenvalue weighted by molar-refractivity contribution is -0.123. The summed E-state index contributed by atoms with van der Waals surface area (Å²) >= 11 is 0. The number of unbranched alkanes of at least 4 members (excludes halogenated alkanes) is 1. The fourth-order valence-electron chi connectivity index (χ4n) is 4.07. The van der Waals surface area contributed by atoms with Gasteiger partial charge >= 0.3 is 0 Å². The Bertz CT molecular complexity index is 1130. The number of aromatic nitrogens is 1. The molecule has 1 unspecified atom stereocenters. The standard InChI is InChI=1S/C26H30N4O3/c1-2-3-6-23(33-21-13-8-18-14-15-28-25(27)22(18)17-21)26(32)29-19-9-11-20(12-10-19)30-16-5-4-7-24(30)31/h8-15,17,23H,2-7,16H2,1H3,(H2,27,28)(H,29,32). The lowest BCUT2D eigenvalue weighted by Crippen LogP contribution is -2.35. The highest BCUT2D eigenvalue weighted by atomic mass is 16.5. The molecule has 0 spiro atoms. The van der Waals surface area contributed by atoms with Crippen LogP contribution in [0, 0.1) is 0 Å². The second-order valence-corrected chi connectivity index (χ2v) is 8.37. The van der Waals surface area contributed by atoms with Gasteiger partial charge < -0.3 is 20.7 Å². The molecule has 1 aromatic heterocycles. The first kappa shape index (κ1) is 22.6. The van der Waals surface area contributed by atoms with Crippen LogP contribution in [0.5, 0.6) is 5.75 Å². The second-order valence-electron chi connectivity index (χ2n) is 8.37. The molecule has 0 radical (unpaired) electrons. The lowest BCUT2D eigenvalue weighted by atomic mass is 10.1. The van der Waals surface area contributed by atoms with E-state index in [0.717, 1.165) is 48.7 Å². The van der Waals surface area contributed by atoms with Crippen molar-refractivity contribution in [3.05, 3.63) is 54.7 Å². The van der Waals surface area contributed by atoms with Gasteiger partial charge in [0.1, 0.15) is 11.6 Å². The maximum Gasteiger partial charge on any atom is 0.265 e. The monoisotopic (exact) mass is 446 g/mol. The number of carbonyl (C=O) groups excluding carboxylic acids is 2. The zero-order valence-electron chi connectivity index (χ0n) is 18.9. The molecule has 1 saturated heterocycles. The van der Waals surface area contributed by atoms with E-state index in [2.05, 4.69) is 17.2 Å². The Morgan fingerprint density at radius 1 is 1.18 bits per heavy atom. The minimum Gasteiger partial charge on any atom is -0.481 e. The van der Waals surface area contributed by atoms with E-state index < -0.39 is 6.10 Å². The van der Waals surface area contributed by atoms with Gasteiger partial charge in [-0.2, -0.15) is 0 Å². The highest BCUT2D eigenvalue weighted by molar-refractivity contribution is 5.96. The number of hydrogen-bond acceptors (Lipinski definition) is 5. The first-order valence-corrected chi connectivity index (χ1v) is 11.6. The van der Waals surface area contributed by atoms with Crippen LogP contribution in [-0.4, -0.2) is 29.4 Å². The molecule has 33 heavy (non-hydrogen) atoms. The van der Waals surface area contributed by atoms with Crippen molar-refractivity contribution in [2.75, 3.05) is 22.5 Å². The molecule has 1 fully saturated rings. The maximum absolute atomic E-state index is 13.1. The van der Waals surface area contributed by atoms with E-state index in [1.54, 1.807) is 6.20 Å². The number of carbonyl (C=O) groups is 2. The van der Waals surface area contributed by atoms with Crippen LogP contribution in [0.1, 0.15) is 45.4 Å². The highest BCUT2D eigenvalue weighted by Gasteiger charge is 2.22. The Hall–Kier alpha value is -3.61. The second kappa shape index (κ2) is 10.3. The van der Waals surface area contributed by atoms with Crippen molar-refractivity contribution in [1.82, 2.24) is 4.98 Å². The van der Waals surface area contributed by atoms with Crippen LogP contribution in [0.4, 0.5) is 17.2 Å². The van der Waals surface area contributed by atoms with Crippen LogP contribution in [0.25, 0.3) is 10.8 Å². The summed E-state index contributed by atoms with van der Waals surface area (Å²) in [4.78, 5) is 31.1. The van der Waals surface area contributed by atoms with Gasteiger partial charge in [-0.15, -0.1) is 0 Å². The number of fused-ring (bicyclic) bond motifs is 1. The van der Waals surface area contributed by atoms with Crippen LogP contribution in [0.3, 0.4) is 0 Å². The van der Waals surface area contributed by atoms with Gasteiger partial charge in [0.05, 0.1) is 0 Å². The van der Waals surface area contributed by atoms with Crippen molar-refractivity contribution in [2.24, 2.45) is 0 Å². The molecule has 0 bridgehead atoms. The van der Waals surface area contributed by atoms with E-state index in [-0.39, 0.29) is 11.8 Å². The average molecular weight is 447 g/mol. The summed E-state index contributed by atoms with van der Waals surface area (Å²) in [6.07, 6.45) is 6.01. The van der Waals surface area contributed by atoms with Crippen molar-refractivity contribution < 1.29 is 14.3 Å². The van der Waals surface area contributed by atoms with Gasteiger partial charge in [0, 0.05) is 35.9 Å². The third kappa shape index (κ3) is 5.42. The predicted octanol–water partition coefficient (Wildman–Crippen LogP) is 4.91. The molecule has 172 valence electrons. The fourth-order valence-corrected chi connectivity index (χ4v) is 4.07. The minimum atomic E-state index is -0.636. The highest BCUT2D eigenvalue weighted by Crippen LogP contribution is 2.26. The topological polar surface area (TPSA) is 97.6 Å². The van der Waals surface area contributed by atoms with Gasteiger partial charge in [0.15, 0.2) is 6.10 Å². The van der Waals surface area contributed by atoms with Crippen LogP contribution in [0.15, 0.2) is 54.7 Å². The number of hydrogen-bond donors (Lipinski definition) is 2. The van der Waals surface area contributed by atoms with Crippen molar-refractivity contribution in [3.8, 4) is 5.75 Å². The van der Waals surface area contributed by atoms with E-state index in [4.69, 9.17) is 10.5 Å². The van der Waals surface area contributed by atoms with Crippen molar-refractivity contribution in [2.45, 2.75) is 51.6 Å². The fraction of sp³-hybridized carbons (Fsp3) is 0.346. The molecule has 0 saturated carbocycles. The largest absolute Gasteiger partial charge is 0.481 e. The van der Waals surface area contributed by atoms with E-state index in [0.29, 0.717) is 30.1 Å². The van der Waals surface area contributed by atoms with E-state index in [1.807, 2.05) is 53.4 Å². The number of benzene rings is 2. The third-order valence-corrected chi connectivity index (χ3v) is 5.93. The molecule has 3 N–H and O–H groups in total. The number of piperidine rings is 1. The number of nitrogens with zero attached hydrogens (tertiary/aromatic N) is 2. The zero-order chi connectivity index (χ0) is 23.2. The molecular weight excluding hydrogens is 416 g/mol. The van der Waals surface area contributed by atoms with Crippen molar-refractivity contribution in [1.29, 1.82) is 0 Å². The molecule has 0 aliphatic carbocycles. The van der Waals surface area contributed by atoms with Gasteiger partial charge in [-0.1, -0.05) is 19.4 Å². The molecule has 2 amide bonds. The van der Waals surface area contributed by atoms with E-state index in [1.165, 1.54) is 0 Å². The average Bonchev–Trinajstić information content (AvgIpc) is 2.83. The first-order valence-electron chi connectivity index (χ1n) is 11.6. The Morgan fingerprint density at radius 3 is 2.76 bits per heavy atom. The summed E-state index contributed by atoms with van der Waals surface area (Å²) < 4.78 is 6.10. The molecule has 7 nitrogen and oxygen atoms in total. The van der Waals surface area contributed by atoms with Crippen LogP contribution in [-0.2, 0) is 9.59 Å². The number of amides is 2. The number of nitrogens with one attached hydrogen (secondary N) is 1. The summed E-state index contributed by atoms with van der Waals surface area (Å²) in [5.74, 6) is 0.957. The number of ether oxygens (including phenoxy) is 1. The van der Waals surface area contributed by atoms with E-state index in [9.17, 15) is 9.59 Å². The SMILES string of the molecule is CCCCC(Oc1ccc2ccnc(N)c2c1)C(=O)Nc1ccc(N2CCCCC2=O)cc1. The number of anilines is 3. The molecule has 7 heteroatoms. The molecule has 2 aromatic carbocycles. The summed E-state index contributed by atoms with van der Waals surface area (Å²) in [6.45, 7) is 2.82. The molecule has 1 aliphatic rings.